The number of fused-ring (bicyclic) bond motifs is 1. The summed E-state index contributed by atoms with van der Waals surface area (Å²) in [5, 5.41) is 0. The lowest BCUT2D eigenvalue weighted by Gasteiger charge is -2.08. The zero-order chi connectivity index (χ0) is 14.2. The Kier molecular flexibility index (Phi) is 6.10. The molecule has 0 aliphatic rings. The van der Waals surface area contributed by atoms with Crippen LogP contribution < -0.4 is 0 Å². The first kappa shape index (κ1) is 15.1. The molecule has 2 heteroatoms. The smallest absolute Gasteiger partial charge is 0.109 e. The van der Waals surface area contributed by atoms with Crippen molar-refractivity contribution < 1.29 is 0 Å². The zero-order valence-electron chi connectivity index (χ0n) is 13.1. The van der Waals surface area contributed by atoms with Gasteiger partial charge in [-0.25, -0.2) is 4.98 Å². The Morgan fingerprint density at radius 3 is 2.45 bits per heavy atom. The topological polar surface area (TPSA) is 17.8 Å². The fourth-order valence-corrected chi connectivity index (χ4v) is 2.84. The first-order valence-electron chi connectivity index (χ1n) is 8.31. The summed E-state index contributed by atoms with van der Waals surface area (Å²) in [7, 11) is 0. The summed E-state index contributed by atoms with van der Waals surface area (Å²) in [6.07, 6.45) is 10.4. The van der Waals surface area contributed by atoms with Crippen LogP contribution in [-0.4, -0.2) is 9.55 Å². The molecule has 0 unspecified atom stereocenters. The van der Waals surface area contributed by atoms with Crippen molar-refractivity contribution in [3.05, 3.63) is 30.1 Å². The summed E-state index contributed by atoms with van der Waals surface area (Å²) in [6, 6.07) is 8.54. The minimum atomic E-state index is 1.09. The van der Waals surface area contributed by atoms with Crippen molar-refractivity contribution in [2.75, 3.05) is 0 Å². The molecule has 20 heavy (non-hydrogen) atoms. The average molecular weight is 272 g/mol. The Hall–Kier alpha value is -1.31. The third-order valence-electron chi connectivity index (χ3n) is 3.94. The van der Waals surface area contributed by atoms with Crippen LogP contribution >= 0.6 is 0 Å². The number of nitrogens with zero attached hydrogens (tertiary/aromatic N) is 2. The first-order valence-corrected chi connectivity index (χ1v) is 8.31. The van der Waals surface area contributed by atoms with Gasteiger partial charge >= 0.3 is 0 Å². The maximum absolute atomic E-state index is 4.79. The van der Waals surface area contributed by atoms with Gasteiger partial charge < -0.3 is 4.57 Å². The molecular formula is C18H28N2. The number of aryl methyl sites for hydroxylation is 2. The molecule has 0 radical (unpaired) electrons. The first-order chi connectivity index (χ1) is 9.86. The third-order valence-corrected chi connectivity index (χ3v) is 3.94. The summed E-state index contributed by atoms with van der Waals surface area (Å²) < 4.78 is 2.44. The Balaban J connectivity index is 1.98. The number of para-hydroxylation sites is 2. The molecule has 1 heterocycles. The van der Waals surface area contributed by atoms with Gasteiger partial charge in [-0.3, -0.25) is 0 Å². The molecule has 0 saturated heterocycles. The maximum Gasteiger partial charge on any atom is 0.109 e. The average Bonchev–Trinajstić information content (AvgIpc) is 2.81. The van der Waals surface area contributed by atoms with Crippen molar-refractivity contribution in [1.82, 2.24) is 9.55 Å². The van der Waals surface area contributed by atoms with E-state index in [2.05, 4.69) is 42.7 Å². The quantitative estimate of drug-likeness (QED) is 0.563. The molecule has 1 aromatic heterocycles. The summed E-state index contributed by atoms with van der Waals surface area (Å²) in [6.45, 7) is 5.63. The van der Waals surface area contributed by atoms with Crippen LogP contribution in [0.15, 0.2) is 24.3 Å². The van der Waals surface area contributed by atoms with Gasteiger partial charge in [0.1, 0.15) is 5.82 Å². The predicted octanol–water partition coefficient (Wildman–Crippen LogP) is 5.35. The van der Waals surface area contributed by atoms with E-state index in [1.165, 1.54) is 56.3 Å². The second-order valence-corrected chi connectivity index (χ2v) is 5.69. The minimum absolute atomic E-state index is 1.09. The normalized spacial score (nSPS) is 11.3. The number of hydrogen-bond donors (Lipinski definition) is 0. The molecule has 0 aliphatic heterocycles. The minimum Gasteiger partial charge on any atom is -0.328 e. The second kappa shape index (κ2) is 8.08. The van der Waals surface area contributed by atoms with Gasteiger partial charge in [0.25, 0.3) is 0 Å². The van der Waals surface area contributed by atoms with Gasteiger partial charge in [-0.2, -0.15) is 0 Å². The van der Waals surface area contributed by atoms with E-state index in [0.717, 1.165) is 18.5 Å². The van der Waals surface area contributed by atoms with Crippen LogP contribution in [0, 0.1) is 0 Å². The van der Waals surface area contributed by atoms with Crippen LogP contribution in [0.3, 0.4) is 0 Å². The zero-order valence-corrected chi connectivity index (χ0v) is 13.1. The Labute approximate surface area is 123 Å². The SMILES string of the molecule is CCCCCCCCn1c(CCC)nc2ccccc21. The van der Waals surface area contributed by atoms with Gasteiger partial charge in [0.15, 0.2) is 0 Å². The highest BCUT2D eigenvalue weighted by molar-refractivity contribution is 5.75. The van der Waals surface area contributed by atoms with E-state index in [1.807, 2.05) is 0 Å². The van der Waals surface area contributed by atoms with Crippen molar-refractivity contribution in [3.63, 3.8) is 0 Å². The highest BCUT2D eigenvalue weighted by atomic mass is 15.1. The Morgan fingerprint density at radius 1 is 0.900 bits per heavy atom. The molecule has 0 N–H and O–H groups in total. The van der Waals surface area contributed by atoms with Gasteiger partial charge in [-0.15, -0.1) is 0 Å². The van der Waals surface area contributed by atoms with Crippen molar-refractivity contribution in [2.45, 2.75) is 71.8 Å². The summed E-state index contributed by atoms with van der Waals surface area (Å²) in [5.74, 6) is 1.27. The van der Waals surface area contributed by atoms with E-state index in [1.54, 1.807) is 0 Å². The lowest BCUT2D eigenvalue weighted by molar-refractivity contribution is 0.551. The number of imidazole rings is 1. The van der Waals surface area contributed by atoms with Crippen molar-refractivity contribution in [3.8, 4) is 0 Å². The van der Waals surface area contributed by atoms with Crippen LogP contribution in [0.25, 0.3) is 11.0 Å². The van der Waals surface area contributed by atoms with Crippen LogP contribution in [0.4, 0.5) is 0 Å². The predicted molar refractivity (Wildman–Crippen MR) is 87.1 cm³/mol. The van der Waals surface area contributed by atoms with E-state index in [9.17, 15) is 0 Å². The van der Waals surface area contributed by atoms with Crippen molar-refractivity contribution in [2.24, 2.45) is 0 Å². The number of aromatic nitrogens is 2. The van der Waals surface area contributed by atoms with Gasteiger partial charge in [0.2, 0.25) is 0 Å². The fourth-order valence-electron chi connectivity index (χ4n) is 2.84. The largest absolute Gasteiger partial charge is 0.328 e. The second-order valence-electron chi connectivity index (χ2n) is 5.69. The molecule has 2 rings (SSSR count). The van der Waals surface area contributed by atoms with Gasteiger partial charge in [0, 0.05) is 13.0 Å². The van der Waals surface area contributed by atoms with E-state index in [0.29, 0.717) is 0 Å². The van der Waals surface area contributed by atoms with Crippen molar-refractivity contribution in [1.29, 1.82) is 0 Å². The molecule has 0 bridgehead atoms. The highest BCUT2D eigenvalue weighted by Gasteiger charge is 2.08. The highest BCUT2D eigenvalue weighted by Crippen LogP contribution is 2.18. The lowest BCUT2D eigenvalue weighted by atomic mass is 10.1. The fraction of sp³-hybridized carbons (Fsp3) is 0.611. The molecule has 0 fully saturated rings. The third kappa shape index (κ3) is 3.84. The summed E-state index contributed by atoms with van der Waals surface area (Å²) in [5.41, 5.74) is 2.46. The van der Waals surface area contributed by atoms with E-state index in [-0.39, 0.29) is 0 Å². The van der Waals surface area contributed by atoms with Crippen LogP contribution in [-0.2, 0) is 13.0 Å². The van der Waals surface area contributed by atoms with Gasteiger partial charge in [-0.1, -0.05) is 58.1 Å². The molecule has 1 aromatic carbocycles. The van der Waals surface area contributed by atoms with E-state index in [4.69, 9.17) is 4.98 Å². The molecule has 2 aromatic rings. The van der Waals surface area contributed by atoms with Crippen LogP contribution in [0.2, 0.25) is 0 Å². The number of hydrogen-bond acceptors (Lipinski definition) is 1. The molecule has 0 spiro atoms. The van der Waals surface area contributed by atoms with Crippen LogP contribution in [0.1, 0.15) is 64.6 Å². The number of rotatable bonds is 9. The summed E-state index contributed by atoms with van der Waals surface area (Å²) >= 11 is 0. The van der Waals surface area contributed by atoms with Gasteiger partial charge in [-0.05, 0) is 25.0 Å². The molecule has 0 aliphatic carbocycles. The van der Waals surface area contributed by atoms with Crippen molar-refractivity contribution >= 4 is 11.0 Å². The molecule has 2 nitrogen and oxygen atoms in total. The van der Waals surface area contributed by atoms with Gasteiger partial charge in [0.05, 0.1) is 11.0 Å². The maximum atomic E-state index is 4.79. The standard InChI is InChI=1S/C18H28N2/c1-3-5-6-7-8-11-15-20-17-14-10-9-13-16(17)19-18(20)12-4-2/h9-10,13-14H,3-8,11-12,15H2,1-2H3. The number of unbranched alkanes of at least 4 members (excludes halogenated alkanes) is 5. The Bertz CT molecular complexity index is 513. The number of benzene rings is 1. The Morgan fingerprint density at radius 2 is 1.65 bits per heavy atom. The molecule has 0 saturated carbocycles. The molecule has 0 atom stereocenters. The molecule has 0 amide bonds. The molecule has 110 valence electrons. The lowest BCUT2D eigenvalue weighted by Crippen LogP contribution is -2.04. The monoisotopic (exact) mass is 272 g/mol. The molecular weight excluding hydrogens is 244 g/mol. The summed E-state index contributed by atoms with van der Waals surface area (Å²) in [4.78, 5) is 4.79. The van der Waals surface area contributed by atoms with E-state index < -0.39 is 0 Å². The van der Waals surface area contributed by atoms with E-state index >= 15 is 0 Å². The van der Waals surface area contributed by atoms with Crippen LogP contribution in [0.5, 0.6) is 0 Å².